The standard InChI is InChI=1S/C11H7NO3/c13-6-7-3-1-2-4-8(7)9-5-10(14)12-11(9)15/h1-5,8H,(H,12,14,15). The zero-order valence-electron chi connectivity index (χ0n) is 7.69. The van der Waals surface area contributed by atoms with Crippen LogP contribution in [0, 0.1) is 5.92 Å². The second-order valence-electron chi connectivity index (χ2n) is 3.20. The molecule has 1 N–H and O–H groups in total. The second kappa shape index (κ2) is 3.52. The SMILES string of the molecule is O=C=C1C=CC=CC1C1=CC(=O)NC1=O. The van der Waals surface area contributed by atoms with Crippen LogP contribution in [-0.4, -0.2) is 17.8 Å². The van der Waals surface area contributed by atoms with Crippen LogP contribution in [0.15, 0.2) is 41.5 Å². The van der Waals surface area contributed by atoms with Gasteiger partial charge in [-0.05, 0) is 6.08 Å². The van der Waals surface area contributed by atoms with Gasteiger partial charge < -0.3 is 0 Å². The molecule has 0 saturated heterocycles. The Kier molecular flexibility index (Phi) is 2.20. The van der Waals surface area contributed by atoms with Gasteiger partial charge in [-0.3, -0.25) is 14.9 Å². The molecule has 0 radical (unpaired) electrons. The largest absolute Gasteiger partial charge is 0.289 e. The van der Waals surface area contributed by atoms with Crippen LogP contribution in [0.5, 0.6) is 0 Å². The van der Waals surface area contributed by atoms with Gasteiger partial charge in [-0.25, -0.2) is 4.79 Å². The van der Waals surface area contributed by atoms with Crippen LogP contribution in [0.4, 0.5) is 0 Å². The summed E-state index contributed by atoms with van der Waals surface area (Å²) < 4.78 is 0. The van der Waals surface area contributed by atoms with Crippen molar-refractivity contribution in [3.05, 3.63) is 41.5 Å². The summed E-state index contributed by atoms with van der Waals surface area (Å²) in [7, 11) is 0. The molecular formula is C11H7NO3. The van der Waals surface area contributed by atoms with Gasteiger partial charge >= 0.3 is 0 Å². The first-order valence-corrected chi connectivity index (χ1v) is 4.39. The minimum Gasteiger partial charge on any atom is -0.289 e. The van der Waals surface area contributed by atoms with E-state index in [1.807, 2.05) is 0 Å². The smallest absolute Gasteiger partial charge is 0.255 e. The van der Waals surface area contributed by atoms with Crippen LogP contribution in [-0.2, 0) is 14.4 Å². The molecule has 1 heterocycles. The molecule has 0 fully saturated rings. The van der Waals surface area contributed by atoms with Crippen LogP contribution < -0.4 is 5.32 Å². The van der Waals surface area contributed by atoms with Gasteiger partial charge in [0.15, 0.2) is 0 Å². The van der Waals surface area contributed by atoms with Crippen LogP contribution in [0.1, 0.15) is 0 Å². The third kappa shape index (κ3) is 1.58. The predicted molar refractivity (Wildman–Crippen MR) is 52.2 cm³/mol. The zero-order valence-corrected chi connectivity index (χ0v) is 7.69. The van der Waals surface area contributed by atoms with Gasteiger partial charge in [0.05, 0.1) is 0 Å². The van der Waals surface area contributed by atoms with Gasteiger partial charge in [0.1, 0.15) is 5.94 Å². The van der Waals surface area contributed by atoms with E-state index in [0.29, 0.717) is 11.1 Å². The molecule has 2 rings (SSSR count). The third-order valence-electron chi connectivity index (χ3n) is 2.26. The zero-order chi connectivity index (χ0) is 10.8. The molecule has 0 aromatic heterocycles. The molecule has 4 nitrogen and oxygen atoms in total. The molecule has 1 unspecified atom stereocenters. The Hall–Kier alpha value is -2.19. The second-order valence-corrected chi connectivity index (χ2v) is 3.20. The summed E-state index contributed by atoms with van der Waals surface area (Å²) in [6.07, 6.45) is 7.89. The normalized spacial score (nSPS) is 23.9. The quantitative estimate of drug-likeness (QED) is 0.482. The summed E-state index contributed by atoms with van der Waals surface area (Å²) in [6, 6.07) is 0. The van der Waals surface area contributed by atoms with Gasteiger partial charge in [-0.1, -0.05) is 18.2 Å². The van der Waals surface area contributed by atoms with Crippen LogP contribution >= 0.6 is 0 Å². The van der Waals surface area contributed by atoms with Crippen molar-refractivity contribution in [2.45, 2.75) is 0 Å². The monoisotopic (exact) mass is 201 g/mol. The Morgan fingerprint density at radius 1 is 1.27 bits per heavy atom. The highest BCUT2D eigenvalue weighted by Crippen LogP contribution is 2.26. The molecular weight excluding hydrogens is 194 g/mol. The third-order valence-corrected chi connectivity index (χ3v) is 2.26. The lowest BCUT2D eigenvalue weighted by atomic mass is 9.88. The lowest BCUT2D eigenvalue weighted by Gasteiger charge is -2.13. The Bertz CT molecular complexity index is 476. The van der Waals surface area contributed by atoms with Gasteiger partial charge in [-0.2, -0.15) is 0 Å². The lowest BCUT2D eigenvalue weighted by molar-refractivity contribution is -0.123. The minimum absolute atomic E-state index is 0.291. The van der Waals surface area contributed by atoms with Crippen LogP contribution in [0.25, 0.3) is 0 Å². The van der Waals surface area contributed by atoms with Gasteiger partial charge in [0.25, 0.3) is 11.8 Å². The average molecular weight is 201 g/mol. The molecule has 0 aromatic carbocycles. The van der Waals surface area contributed by atoms with E-state index in [4.69, 9.17) is 0 Å². The number of carbonyl (C=O) groups is 2. The summed E-state index contributed by atoms with van der Waals surface area (Å²) >= 11 is 0. The summed E-state index contributed by atoms with van der Waals surface area (Å²) in [5.41, 5.74) is 0.646. The Morgan fingerprint density at radius 2 is 2.07 bits per heavy atom. The lowest BCUT2D eigenvalue weighted by Crippen LogP contribution is -2.24. The van der Waals surface area contributed by atoms with Crippen molar-refractivity contribution in [3.8, 4) is 0 Å². The van der Waals surface area contributed by atoms with E-state index in [1.54, 1.807) is 30.2 Å². The molecule has 2 aliphatic rings. The highest BCUT2D eigenvalue weighted by molar-refractivity contribution is 6.17. The number of hydrogen-bond donors (Lipinski definition) is 1. The van der Waals surface area contributed by atoms with E-state index in [9.17, 15) is 14.4 Å². The Balaban J connectivity index is 2.40. The van der Waals surface area contributed by atoms with E-state index in [-0.39, 0.29) is 0 Å². The maximum atomic E-state index is 11.3. The van der Waals surface area contributed by atoms with E-state index in [2.05, 4.69) is 5.32 Å². The number of imide groups is 1. The molecule has 15 heavy (non-hydrogen) atoms. The van der Waals surface area contributed by atoms with E-state index >= 15 is 0 Å². The molecule has 0 saturated carbocycles. The average Bonchev–Trinajstić information content (AvgIpc) is 2.57. The number of carbonyl (C=O) groups excluding carboxylic acids is 3. The molecule has 0 spiro atoms. The molecule has 0 bridgehead atoms. The molecule has 1 aliphatic carbocycles. The summed E-state index contributed by atoms with van der Waals surface area (Å²) in [4.78, 5) is 32.9. The molecule has 1 aliphatic heterocycles. The predicted octanol–water partition coefficient (Wildman–Crippen LogP) is 0.0694. The van der Waals surface area contributed by atoms with Crippen molar-refractivity contribution in [3.63, 3.8) is 0 Å². The molecule has 0 aromatic rings. The molecule has 2 amide bonds. The molecule has 1 atom stereocenters. The number of amides is 2. The van der Waals surface area contributed by atoms with Crippen molar-refractivity contribution in [1.29, 1.82) is 0 Å². The van der Waals surface area contributed by atoms with E-state index in [1.165, 1.54) is 6.08 Å². The van der Waals surface area contributed by atoms with Gasteiger partial charge in [0, 0.05) is 23.1 Å². The molecule has 4 heteroatoms. The number of hydrogen-bond acceptors (Lipinski definition) is 3. The maximum absolute atomic E-state index is 11.3. The summed E-state index contributed by atoms with van der Waals surface area (Å²) in [5, 5.41) is 2.14. The molecule has 74 valence electrons. The van der Waals surface area contributed by atoms with Gasteiger partial charge in [0.2, 0.25) is 0 Å². The van der Waals surface area contributed by atoms with Crippen molar-refractivity contribution in [2.75, 3.05) is 0 Å². The highest BCUT2D eigenvalue weighted by atomic mass is 16.2. The van der Waals surface area contributed by atoms with Crippen LogP contribution in [0.3, 0.4) is 0 Å². The topological polar surface area (TPSA) is 63.2 Å². The Labute approximate surface area is 85.7 Å². The fourth-order valence-corrected chi connectivity index (χ4v) is 1.57. The first-order valence-electron chi connectivity index (χ1n) is 4.39. The fraction of sp³-hybridized carbons (Fsp3) is 0.0909. The van der Waals surface area contributed by atoms with E-state index < -0.39 is 17.7 Å². The summed E-state index contributed by atoms with van der Waals surface area (Å²) in [6.45, 7) is 0. The van der Waals surface area contributed by atoms with Crippen molar-refractivity contribution < 1.29 is 14.4 Å². The van der Waals surface area contributed by atoms with Crippen molar-refractivity contribution >= 4 is 17.8 Å². The summed E-state index contributed by atoms with van der Waals surface area (Å²) in [5.74, 6) is 0.415. The highest BCUT2D eigenvalue weighted by Gasteiger charge is 2.29. The van der Waals surface area contributed by atoms with Crippen LogP contribution in [0.2, 0.25) is 0 Å². The maximum Gasteiger partial charge on any atom is 0.255 e. The van der Waals surface area contributed by atoms with E-state index in [0.717, 1.165) is 0 Å². The first-order chi connectivity index (χ1) is 7.22. The number of nitrogens with one attached hydrogen (secondary N) is 1. The first kappa shape index (κ1) is 9.37. The minimum atomic E-state index is -0.459. The van der Waals surface area contributed by atoms with Crippen molar-refractivity contribution in [2.24, 2.45) is 5.92 Å². The number of rotatable bonds is 1. The fourth-order valence-electron chi connectivity index (χ4n) is 1.57. The van der Waals surface area contributed by atoms with Gasteiger partial charge in [-0.15, -0.1) is 0 Å². The number of allylic oxidation sites excluding steroid dienone is 5. The van der Waals surface area contributed by atoms with Crippen molar-refractivity contribution in [1.82, 2.24) is 5.32 Å². The Morgan fingerprint density at radius 3 is 2.67 bits per heavy atom.